The van der Waals surface area contributed by atoms with Crippen LogP contribution in [0.15, 0.2) is 54.6 Å². The van der Waals surface area contributed by atoms with E-state index in [0.29, 0.717) is 5.75 Å². The fourth-order valence-corrected chi connectivity index (χ4v) is 2.91. The lowest BCUT2D eigenvalue weighted by Gasteiger charge is -2.27. The molecule has 0 unspecified atom stereocenters. The number of aryl methyl sites for hydroxylation is 1. The number of para-hydroxylation sites is 1. The molecule has 0 spiro atoms. The van der Waals surface area contributed by atoms with Crippen LogP contribution in [0.2, 0.25) is 0 Å². The summed E-state index contributed by atoms with van der Waals surface area (Å²) in [5.74, 6) is -0.803. The number of benzene rings is 2. The molecule has 0 bridgehead atoms. The van der Waals surface area contributed by atoms with E-state index in [2.05, 4.69) is 0 Å². The molecule has 30 heavy (non-hydrogen) atoms. The SMILES string of the molecule is Cc1ccc([C@@H](Oc2ccccc2)[C@H](C)OC(=O)[C@H](C)CC(=O)OC(C)(C)C)cc1. The molecule has 162 valence electrons. The van der Waals surface area contributed by atoms with E-state index >= 15 is 0 Å². The van der Waals surface area contributed by atoms with Gasteiger partial charge in [-0.1, -0.05) is 55.0 Å². The quantitative estimate of drug-likeness (QED) is 0.542. The van der Waals surface area contributed by atoms with Crippen LogP contribution in [0.5, 0.6) is 5.75 Å². The summed E-state index contributed by atoms with van der Waals surface area (Å²) < 4.78 is 17.2. The first-order valence-corrected chi connectivity index (χ1v) is 10.3. The molecule has 0 aromatic heterocycles. The van der Waals surface area contributed by atoms with Crippen LogP contribution in [0.1, 0.15) is 58.3 Å². The van der Waals surface area contributed by atoms with Gasteiger partial charge in [-0.2, -0.15) is 0 Å². The predicted molar refractivity (Wildman–Crippen MR) is 116 cm³/mol. The number of rotatable bonds is 8. The lowest BCUT2D eigenvalue weighted by molar-refractivity contribution is -0.165. The first kappa shape index (κ1) is 23.5. The summed E-state index contributed by atoms with van der Waals surface area (Å²) in [6.45, 7) is 10.9. The molecular formula is C25H32O5. The molecule has 0 aliphatic rings. The Hall–Kier alpha value is -2.82. The lowest BCUT2D eigenvalue weighted by atomic mass is 10.0. The first-order chi connectivity index (χ1) is 14.0. The molecule has 0 radical (unpaired) electrons. The third-order valence-electron chi connectivity index (χ3n) is 4.44. The molecule has 3 atom stereocenters. The highest BCUT2D eigenvalue weighted by Gasteiger charge is 2.29. The zero-order valence-corrected chi connectivity index (χ0v) is 18.7. The van der Waals surface area contributed by atoms with E-state index in [0.717, 1.165) is 11.1 Å². The Kier molecular flexibility index (Phi) is 8.04. The Balaban J connectivity index is 2.09. The monoisotopic (exact) mass is 412 g/mol. The number of esters is 2. The van der Waals surface area contributed by atoms with Gasteiger partial charge >= 0.3 is 11.9 Å². The molecule has 2 rings (SSSR count). The number of carbonyl (C=O) groups excluding carboxylic acids is 2. The summed E-state index contributed by atoms with van der Waals surface area (Å²) in [5.41, 5.74) is 1.45. The molecule has 0 aliphatic carbocycles. The molecule has 0 saturated heterocycles. The van der Waals surface area contributed by atoms with Crippen LogP contribution in [0.3, 0.4) is 0 Å². The van der Waals surface area contributed by atoms with Gasteiger partial charge in [0, 0.05) is 0 Å². The Morgan fingerprint density at radius 3 is 2.10 bits per heavy atom. The molecule has 2 aromatic carbocycles. The highest BCUT2D eigenvalue weighted by Crippen LogP contribution is 2.27. The highest BCUT2D eigenvalue weighted by molar-refractivity contribution is 5.79. The Morgan fingerprint density at radius 1 is 0.933 bits per heavy atom. The van der Waals surface area contributed by atoms with Gasteiger partial charge in [0.25, 0.3) is 0 Å². The summed E-state index contributed by atoms with van der Waals surface area (Å²) in [7, 11) is 0. The zero-order chi connectivity index (χ0) is 22.3. The van der Waals surface area contributed by atoms with E-state index in [1.54, 1.807) is 34.6 Å². The summed E-state index contributed by atoms with van der Waals surface area (Å²) in [4.78, 5) is 24.6. The van der Waals surface area contributed by atoms with Crippen molar-refractivity contribution < 1.29 is 23.8 Å². The van der Waals surface area contributed by atoms with Crippen molar-refractivity contribution in [3.05, 3.63) is 65.7 Å². The summed E-state index contributed by atoms with van der Waals surface area (Å²) in [6, 6.07) is 17.3. The second-order valence-corrected chi connectivity index (χ2v) is 8.60. The molecule has 5 heteroatoms. The molecule has 5 nitrogen and oxygen atoms in total. The average molecular weight is 413 g/mol. The van der Waals surface area contributed by atoms with Crippen molar-refractivity contribution in [3.63, 3.8) is 0 Å². The van der Waals surface area contributed by atoms with Crippen LogP contribution < -0.4 is 4.74 Å². The van der Waals surface area contributed by atoms with Crippen molar-refractivity contribution in [2.45, 2.75) is 65.8 Å². The average Bonchev–Trinajstić information content (AvgIpc) is 2.66. The smallest absolute Gasteiger partial charge is 0.309 e. The number of ether oxygens (including phenoxy) is 3. The van der Waals surface area contributed by atoms with Gasteiger partial charge in [0.05, 0.1) is 12.3 Å². The molecule has 2 aromatic rings. The van der Waals surface area contributed by atoms with Gasteiger partial charge in [0.15, 0.2) is 6.10 Å². The second-order valence-electron chi connectivity index (χ2n) is 8.60. The third kappa shape index (κ3) is 7.54. The lowest BCUT2D eigenvalue weighted by Crippen LogP contribution is -2.31. The maximum Gasteiger partial charge on any atom is 0.309 e. The standard InChI is InChI=1S/C25H32O5/c1-17-12-14-20(15-13-17)23(29-21-10-8-7-9-11-21)19(3)28-24(27)18(2)16-22(26)30-25(4,5)6/h7-15,18-19,23H,16H2,1-6H3/t18-,19+,23+/m1/s1. The van der Waals surface area contributed by atoms with Crippen LogP contribution in [-0.4, -0.2) is 23.6 Å². The summed E-state index contributed by atoms with van der Waals surface area (Å²) in [6.07, 6.45) is -1.07. The van der Waals surface area contributed by atoms with E-state index < -0.39 is 35.7 Å². The molecule has 0 N–H and O–H groups in total. The van der Waals surface area contributed by atoms with Crippen molar-refractivity contribution in [2.24, 2.45) is 5.92 Å². The number of hydrogen-bond donors (Lipinski definition) is 0. The van der Waals surface area contributed by atoms with E-state index in [4.69, 9.17) is 14.2 Å². The van der Waals surface area contributed by atoms with E-state index in [9.17, 15) is 9.59 Å². The van der Waals surface area contributed by atoms with Crippen molar-refractivity contribution in [1.29, 1.82) is 0 Å². The minimum atomic E-state index is -0.613. The molecule has 0 aliphatic heterocycles. The molecule has 0 heterocycles. The van der Waals surface area contributed by atoms with Crippen LogP contribution >= 0.6 is 0 Å². The van der Waals surface area contributed by atoms with Gasteiger partial charge in [-0.05, 0) is 52.3 Å². The minimum absolute atomic E-state index is 0.0302. The van der Waals surface area contributed by atoms with Gasteiger partial charge in [-0.25, -0.2) is 0 Å². The highest BCUT2D eigenvalue weighted by atomic mass is 16.6. The van der Waals surface area contributed by atoms with E-state index in [-0.39, 0.29) is 6.42 Å². The number of carbonyl (C=O) groups is 2. The van der Waals surface area contributed by atoms with Crippen molar-refractivity contribution in [1.82, 2.24) is 0 Å². The number of hydrogen-bond acceptors (Lipinski definition) is 5. The van der Waals surface area contributed by atoms with Gasteiger partial charge in [0.1, 0.15) is 17.5 Å². The topological polar surface area (TPSA) is 61.8 Å². The van der Waals surface area contributed by atoms with Gasteiger partial charge < -0.3 is 14.2 Å². The van der Waals surface area contributed by atoms with Gasteiger partial charge in [-0.3, -0.25) is 9.59 Å². The fourth-order valence-electron chi connectivity index (χ4n) is 2.91. The maximum atomic E-state index is 12.6. The van der Waals surface area contributed by atoms with Crippen molar-refractivity contribution in [3.8, 4) is 5.75 Å². The normalized spacial score (nSPS) is 14.3. The van der Waals surface area contributed by atoms with Gasteiger partial charge in [-0.15, -0.1) is 0 Å². The van der Waals surface area contributed by atoms with Gasteiger partial charge in [0.2, 0.25) is 0 Å². The molecular weight excluding hydrogens is 380 g/mol. The van der Waals surface area contributed by atoms with Crippen molar-refractivity contribution >= 4 is 11.9 Å². The zero-order valence-electron chi connectivity index (χ0n) is 18.7. The van der Waals surface area contributed by atoms with E-state index in [1.165, 1.54) is 0 Å². The molecule has 0 amide bonds. The fraction of sp³-hybridized carbons (Fsp3) is 0.440. The summed E-state index contributed by atoms with van der Waals surface area (Å²) >= 11 is 0. The van der Waals surface area contributed by atoms with Crippen LogP contribution in [0, 0.1) is 12.8 Å². The van der Waals surface area contributed by atoms with Crippen molar-refractivity contribution in [2.75, 3.05) is 0 Å². The molecule has 0 saturated carbocycles. The van der Waals surface area contributed by atoms with Crippen LogP contribution in [0.4, 0.5) is 0 Å². The van der Waals surface area contributed by atoms with E-state index in [1.807, 2.05) is 61.5 Å². The minimum Gasteiger partial charge on any atom is -0.482 e. The predicted octanol–water partition coefficient (Wildman–Crippen LogP) is 5.41. The first-order valence-electron chi connectivity index (χ1n) is 10.3. The second kappa shape index (κ2) is 10.3. The largest absolute Gasteiger partial charge is 0.482 e. The third-order valence-corrected chi connectivity index (χ3v) is 4.44. The van der Waals surface area contributed by atoms with Crippen LogP contribution in [-0.2, 0) is 19.1 Å². The maximum absolute atomic E-state index is 12.6. The summed E-state index contributed by atoms with van der Waals surface area (Å²) in [5, 5.41) is 0. The Labute approximate surface area is 179 Å². The van der Waals surface area contributed by atoms with Crippen LogP contribution in [0.25, 0.3) is 0 Å². The molecule has 0 fully saturated rings. The Morgan fingerprint density at radius 2 is 1.53 bits per heavy atom. The Bertz CT molecular complexity index is 821.